The Morgan fingerprint density at radius 2 is 2.00 bits per heavy atom. The molecule has 0 radical (unpaired) electrons. The van der Waals surface area contributed by atoms with E-state index < -0.39 is 0 Å². The minimum absolute atomic E-state index is 0. The van der Waals surface area contributed by atoms with Crippen molar-refractivity contribution in [3.8, 4) is 5.75 Å². The molecule has 1 spiro atoms. The van der Waals surface area contributed by atoms with Crippen LogP contribution in [0.1, 0.15) is 44.6 Å². The molecule has 1 fully saturated rings. The Morgan fingerprint density at radius 1 is 1.29 bits per heavy atom. The van der Waals surface area contributed by atoms with Gasteiger partial charge in [0.15, 0.2) is 0 Å². The Labute approximate surface area is 133 Å². The maximum Gasteiger partial charge on any atom is 0.123 e. The Bertz CT molecular complexity index is 458. The summed E-state index contributed by atoms with van der Waals surface area (Å²) >= 11 is 0. The van der Waals surface area contributed by atoms with Gasteiger partial charge in [0.05, 0.1) is 12.7 Å². The third-order valence-electron chi connectivity index (χ3n) is 4.45. The lowest BCUT2D eigenvalue weighted by Crippen LogP contribution is -2.49. The summed E-state index contributed by atoms with van der Waals surface area (Å²) in [5.41, 5.74) is 1.34. The molecular formula is C17H26ClNO2. The highest BCUT2D eigenvalue weighted by molar-refractivity contribution is 5.85. The van der Waals surface area contributed by atoms with Crippen molar-refractivity contribution in [3.63, 3.8) is 0 Å². The van der Waals surface area contributed by atoms with E-state index in [1.807, 2.05) is 0 Å². The summed E-state index contributed by atoms with van der Waals surface area (Å²) in [6.07, 6.45) is 3.56. The fourth-order valence-corrected chi connectivity index (χ4v) is 3.39. The minimum atomic E-state index is 0. The van der Waals surface area contributed by atoms with Gasteiger partial charge in [0.25, 0.3) is 0 Å². The van der Waals surface area contributed by atoms with Crippen LogP contribution < -0.4 is 10.1 Å². The predicted octanol–water partition coefficient (Wildman–Crippen LogP) is 3.52. The number of piperidine rings is 1. The zero-order valence-corrected chi connectivity index (χ0v) is 13.7. The van der Waals surface area contributed by atoms with Crippen LogP contribution in [-0.4, -0.2) is 31.4 Å². The summed E-state index contributed by atoms with van der Waals surface area (Å²) in [6.45, 7) is 7.12. The van der Waals surface area contributed by atoms with Crippen LogP contribution in [0.3, 0.4) is 0 Å². The quantitative estimate of drug-likeness (QED) is 0.926. The Kier molecular flexibility index (Phi) is 5.53. The van der Waals surface area contributed by atoms with E-state index >= 15 is 0 Å². The number of ether oxygens (including phenoxy) is 2. The number of fused-ring (bicyclic) bond motifs is 1. The van der Waals surface area contributed by atoms with E-state index in [9.17, 15) is 0 Å². The zero-order valence-electron chi connectivity index (χ0n) is 12.9. The smallest absolute Gasteiger partial charge is 0.123 e. The van der Waals surface area contributed by atoms with Crippen LogP contribution in [0.15, 0.2) is 24.3 Å². The summed E-state index contributed by atoms with van der Waals surface area (Å²) in [5, 5.41) is 3.43. The first-order valence-corrected chi connectivity index (χ1v) is 7.79. The molecule has 1 saturated heterocycles. The van der Waals surface area contributed by atoms with Gasteiger partial charge in [-0.1, -0.05) is 18.2 Å². The van der Waals surface area contributed by atoms with Gasteiger partial charge in [0.2, 0.25) is 0 Å². The van der Waals surface area contributed by atoms with Crippen molar-refractivity contribution >= 4 is 12.4 Å². The molecule has 1 N–H and O–H groups in total. The average Bonchev–Trinajstić information content (AvgIpc) is 2.45. The van der Waals surface area contributed by atoms with Crippen LogP contribution in [0.25, 0.3) is 0 Å². The highest BCUT2D eigenvalue weighted by Crippen LogP contribution is 2.44. The topological polar surface area (TPSA) is 30.5 Å². The highest BCUT2D eigenvalue weighted by atomic mass is 35.5. The normalized spacial score (nSPS) is 23.3. The molecule has 0 aromatic heterocycles. The van der Waals surface area contributed by atoms with Gasteiger partial charge < -0.3 is 14.8 Å². The van der Waals surface area contributed by atoms with Crippen LogP contribution in [0.2, 0.25) is 0 Å². The number of hydrogen-bond donors (Lipinski definition) is 1. The third kappa shape index (κ3) is 3.71. The maximum absolute atomic E-state index is 6.40. The summed E-state index contributed by atoms with van der Waals surface area (Å²) in [6, 6.07) is 8.47. The molecule has 0 bridgehead atoms. The number of para-hydroxylation sites is 1. The second-order valence-corrected chi connectivity index (χ2v) is 6.36. The van der Waals surface area contributed by atoms with E-state index in [4.69, 9.17) is 9.47 Å². The summed E-state index contributed by atoms with van der Waals surface area (Å²) in [5.74, 6) is 1.53. The van der Waals surface area contributed by atoms with Crippen LogP contribution >= 0.6 is 12.4 Å². The van der Waals surface area contributed by atoms with Gasteiger partial charge in [0.1, 0.15) is 11.4 Å². The minimum Gasteiger partial charge on any atom is -0.487 e. The molecule has 2 heterocycles. The van der Waals surface area contributed by atoms with E-state index in [1.165, 1.54) is 5.56 Å². The van der Waals surface area contributed by atoms with E-state index in [-0.39, 0.29) is 24.1 Å². The maximum atomic E-state index is 6.40. The molecule has 2 aliphatic rings. The second kappa shape index (κ2) is 6.99. The molecule has 21 heavy (non-hydrogen) atoms. The molecule has 2 aliphatic heterocycles. The number of hydrogen-bond acceptors (Lipinski definition) is 3. The van der Waals surface area contributed by atoms with Crippen molar-refractivity contribution in [1.29, 1.82) is 0 Å². The van der Waals surface area contributed by atoms with E-state index in [1.54, 1.807) is 0 Å². The fraction of sp³-hybridized carbons (Fsp3) is 0.647. The summed E-state index contributed by atoms with van der Waals surface area (Å²) in [7, 11) is 0. The highest BCUT2D eigenvalue weighted by Gasteiger charge is 2.41. The molecule has 0 saturated carbocycles. The van der Waals surface area contributed by atoms with Crippen molar-refractivity contribution in [2.45, 2.75) is 50.7 Å². The monoisotopic (exact) mass is 311 g/mol. The van der Waals surface area contributed by atoms with E-state index in [2.05, 4.69) is 43.4 Å². The SMILES string of the molecule is CC(C)OCC1CC2(CCNCC2)Oc2ccccc21.Cl. The van der Waals surface area contributed by atoms with Crippen LogP contribution in [-0.2, 0) is 4.74 Å². The average molecular weight is 312 g/mol. The van der Waals surface area contributed by atoms with Crippen molar-refractivity contribution in [2.24, 2.45) is 0 Å². The first kappa shape index (κ1) is 16.6. The number of nitrogens with one attached hydrogen (secondary N) is 1. The first-order chi connectivity index (χ1) is 9.69. The van der Waals surface area contributed by atoms with Gasteiger partial charge >= 0.3 is 0 Å². The molecule has 118 valence electrons. The van der Waals surface area contributed by atoms with Crippen molar-refractivity contribution in [3.05, 3.63) is 29.8 Å². The molecule has 1 aromatic rings. The summed E-state index contributed by atoms with van der Waals surface area (Å²) < 4.78 is 12.3. The van der Waals surface area contributed by atoms with Gasteiger partial charge in [-0.2, -0.15) is 0 Å². The van der Waals surface area contributed by atoms with E-state index in [0.29, 0.717) is 5.92 Å². The molecular weight excluding hydrogens is 286 g/mol. The first-order valence-electron chi connectivity index (χ1n) is 7.79. The van der Waals surface area contributed by atoms with Crippen LogP contribution in [0.4, 0.5) is 0 Å². The van der Waals surface area contributed by atoms with Gasteiger partial charge in [-0.05, 0) is 57.8 Å². The fourth-order valence-electron chi connectivity index (χ4n) is 3.39. The molecule has 4 heteroatoms. The van der Waals surface area contributed by atoms with Crippen LogP contribution in [0.5, 0.6) is 5.75 Å². The molecule has 1 aromatic carbocycles. The van der Waals surface area contributed by atoms with Gasteiger partial charge in [0, 0.05) is 5.92 Å². The van der Waals surface area contributed by atoms with Crippen molar-refractivity contribution in [2.75, 3.05) is 19.7 Å². The largest absolute Gasteiger partial charge is 0.487 e. The van der Waals surface area contributed by atoms with Crippen molar-refractivity contribution < 1.29 is 9.47 Å². The standard InChI is InChI=1S/C17H25NO2.ClH/c1-13(2)19-12-14-11-17(7-9-18-10-8-17)20-16-6-4-3-5-15(14)16;/h3-6,13-14,18H,7-12H2,1-2H3;1H. The lowest BCUT2D eigenvalue weighted by atomic mass is 9.78. The van der Waals surface area contributed by atoms with Crippen LogP contribution in [0, 0.1) is 0 Å². The summed E-state index contributed by atoms with van der Waals surface area (Å²) in [4.78, 5) is 0. The number of halogens is 1. The lowest BCUT2D eigenvalue weighted by Gasteiger charge is -2.44. The third-order valence-corrected chi connectivity index (χ3v) is 4.45. The Hall–Kier alpha value is -0.770. The van der Waals surface area contributed by atoms with Gasteiger partial charge in [-0.15, -0.1) is 12.4 Å². The molecule has 0 amide bonds. The number of benzene rings is 1. The molecule has 3 rings (SSSR count). The second-order valence-electron chi connectivity index (χ2n) is 6.36. The lowest BCUT2D eigenvalue weighted by molar-refractivity contribution is -0.0150. The van der Waals surface area contributed by atoms with Gasteiger partial charge in [-0.3, -0.25) is 0 Å². The zero-order chi connectivity index (χ0) is 14.0. The molecule has 3 nitrogen and oxygen atoms in total. The van der Waals surface area contributed by atoms with E-state index in [0.717, 1.165) is 44.7 Å². The molecule has 1 unspecified atom stereocenters. The Balaban J connectivity index is 0.00000161. The van der Waals surface area contributed by atoms with Gasteiger partial charge in [-0.25, -0.2) is 0 Å². The molecule has 1 atom stereocenters. The van der Waals surface area contributed by atoms with Crippen molar-refractivity contribution in [1.82, 2.24) is 5.32 Å². The Morgan fingerprint density at radius 3 is 2.71 bits per heavy atom. The predicted molar refractivity (Wildman–Crippen MR) is 87.6 cm³/mol. The number of rotatable bonds is 3. The molecule has 0 aliphatic carbocycles.